The maximum Gasteiger partial charge on any atom is 0.336 e. The summed E-state index contributed by atoms with van der Waals surface area (Å²) in [5.74, 6) is 2.28. The summed E-state index contributed by atoms with van der Waals surface area (Å²) in [5, 5.41) is 9.21. The van der Waals surface area contributed by atoms with Gasteiger partial charge in [-0.15, -0.1) is 10.2 Å². The van der Waals surface area contributed by atoms with Crippen molar-refractivity contribution >= 4 is 45.8 Å². The fraction of sp³-hybridized carbons (Fsp3) is 0.267. The Morgan fingerprint density at radius 1 is 1.22 bits per heavy atom. The lowest BCUT2D eigenvalue weighted by Gasteiger charge is -2.05. The molecule has 5 nitrogen and oxygen atoms in total. The molecule has 0 aliphatic carbocycles. The van der Waals surface area contributed by atoms with Crippen molar-refractivity contribution in [3.63, 3.8) is 0 Å². The van der Waals surface area contributed by atoms with E-state index in [9.17, 15) is 4.79 Å². The minimum atomic E-state index is -0.360. The summed E-state index contributed by atoms with van der Waals surface area (Å²) in [4.78, 5) is 11.8. The number of aromatic nitrogens is 2. The van der Waals surface area contributed by atoms with E-state index in [0.29, 0.717) is 17.1 Å². The fourth-order valence-electron chi connectivity index (χ4n) is 2.03. The smallest absolute Gasteiger partial charge is 0.336 e. The third-order valence-corrected chi connectivity index (χ3v) is 6.17. The van der Waals surface area contributed by atoms with Crippen LogP contribution in [-0.4, -0.2) is 23.1 Å². The van der Waals surface area contributed by atoms with E-state index in [1.54, 1.807) is 48.0 Å². The Kier molecular flexibility index (Phi) is 5.24. The first-order valence-corrected chi connectivity index (χ1v) is 9.68. The minimum Gasteiger partial charge on any atom is -0.497 e. The molecule has 0 radical (unpaired) electrons. The lowest BCUT2D eigenvalue weighted by Crippen LogP contribution is -2.00. The largest absolute Gasteiger partial charge is 0.497 e. The Morgan fingerprint density at radius 2 is 2.00 bits per heavy atom. The van der Waals surface area contributed by atoms with Crippen molar-refractivity contribution in [1.82, 2.24) is 10.2 Å². The summed E-state index contributed by atoms with van der Waals surface area (Å²) in [5.41, 5.74) is 1.09. The number of benzene rings is 1. The Balaban J connectivity index is 1.85. The van der Waals surface area contributed by atoms with Gasteiger partial charge in [0.25, 0.3) is 0 Å². The maximum absolute atomic E-state index is 11.8. The molecule has 0 bridgehead atoms. The van der Waals surface area contributed by atoms with E-state index >= 15 is 0 Å². The van der Waals surface area contributed by atoms with E-state index in [2.05, 4.69) is 17.1 Å². The van der Waals surface area contributed by atoms with E-state index in [1.807, 2.05) is 12.1 Å². The number of hydrogen-bond acceptors (Lipinski definition) is 8. The van der Waals surface area contributed by atoms with Gasteiger partial charge in [-0.1, -0.05) is 41.8 Å². The molecule has 0 fully saturated rings. The van der Waals surface area contributed by atoms with Crippen molar-refractivity contribution in [3.8, 4) is 5.75 Å². The van der Waals surface area contributed by atoms with Gasteiger partial charge in [0, 0.05) is 23.3 Å². The summed E-state index contributed by atoms with van der Waals surface area (Å²) in [7, 11) is 1.58. The van der Waals surface area contributed by atoms with Crippen LogP contribution >= 0.6 is 34.9 Å². The van der Waals surface area contributed by atoms with Crippen molar-refractivity contribution in [2.75, 3.05) is 12.9 Å². The second-order valence-electron chi connectivity index (χ2n) is 4.51. The summed E-state index contributed by atoms with van der Waals surface area (Å²) in [6.45, 7) is 2.09. The summed E-state index contributed by atoms with van der Waals surface area (Å²) < 4.78 is 12.3. The quantitative estimate of drug-likeness (QED) is 0.481. The number of hydrogen-bond donors (Lipinski definition) is 0. The zero-order valence-electron chi connectivity index (χ0n) is 12.6. The highest BCUT2D eigenvalue weighted by Crippen LogP contribution is 2.32. The monoisotopic (exact) mass is 366 g/mol. The average molecular weight is 366 g/mol. The van der Waals surface area contributed by atoms with Crippen LogP contribution in [-0.2, 0) is 5.75 Å². The first-order valence-electron chi connectivity index (χ1n) is 6.89. The van der Waals surface area contributed by atoms with E-state index in [0.717, 1.165) is 25.4 Å². The highest BCUT2D eigenvalue weighted by molar-refractivity contribution is 8.02. The third-order valence-electron chi connectivity index (χ3n) is 3.04. The second-order valence-corrected chi connectivity index (χ2v) is 8.22. The molecule has 8 heteroatoms. The van der Waals surface area contributed by atoms with Crippen molar-refractivity contribution in [1.29, 1.82) is 0 Å². The van der Waals surface area contributed by atoms with Gasteiger partial charge in [-0.05, 0) is 23.4 Å². The van der Waals surface area contributed by atoms with Gasteiger partial charge in [-0.25, -0.2) is 4.79 Å². The molecule has 0 unspecified atom stereocenters. The topological polar surface area (TPSA) is 65.2 Å². The molecule has 0 amide bonds. The maximum atomic E-state index is 11.8. The zero-order chi connectivity index (χ0) is 16.2. The molecule has 23 heavy (non-hydrogen) atoms. The summed E-state index contributed by atoms with van der Waals surface area (Å²) in [6.07, 6.45) is 0. The van der Waals surface area contributed by atoms with Gasteiger partial charge in [-0.3, -0.25) is 0 Å². The van der Waals surface area contributed by atoms with Crippen LogP contribution in [0, 0.1) is 0 Å². The number of ether oxygens (including phenoxy) is 1. The van der Waals surface area contributed by atoms with Gasteiger partial charge in [-0.2, -0.15) is 0 Å². The third kappa shape index (κ3) is 3.88. The number of thioether (sulfide) groups is 2. The first kappa shape index (κ1) is 16.4. The molecule has 120 valence electrons. The van der Waals surface area contributed by atoms with Crippen molar-refractivity contribution in [2.45, 2.75) is 21.4 Å². The van der Waals surface area contributed by atoms with Crippen LogP contribution in [0.25, 0.3) is 11.0 Å². The van der Waals surface area contributed by atoms with Gasteiger partial charge in [0.15, 0.2) is 8.68 Å². The normalized spacial score (nSPS) is 11.0. The lowest BCUT2D eigenvalue weighted by molar-refractivity contribution is 0.414. The highest BCUT2D eigenvalue weighted by Gasteiger charge is 2.10. The van der Waals surface area contributed by atoms with Crippen molar-refractivity contribution < 1.29 is 9.15 Å². The molecule has 0 N–H and O–H groups in total. The molecule has 0 saturated carbocycles. The predicted molar refractivity (Wildman–Crippen MR) is 94.9 cm³/mol. The van der Waals surface area contributed by atoms with Gasteiger partial charge >= 0.3 is 5.63 Å². The standard InChI is InChI=1S/C15H14N2O3S3/c1-3-21-14-16-17-15(23-14)22-8-9-6-13(18)20-12-7-10(19-2)4-5-11(9)12/h4-7H,3,8H2,1-2H3. The van der Waals surface area contributed by atoms with Gasteiger partial charge in [0.05, 0.1) is 7.11 Å². The van der Waals surface area contributed by atoms with Crippen molar-refractivity contribution in [3.05, 3.63) is 40.2 Å². The van der Waals surface area contributed by atoms with E-state index < -0.39 is 0 Å². The molecule has 2 aromatic heterocycles. The Hall–Kier alpha value is -1.51. The van der Waals surface area contributed by atoms with Crippen LogP contribution in [0.4, 0.5) is 0 Å². The van der Waals surface area contributed by atoms with Crippen LogP contribution in [0.2, 0.25) is 0 Å². The summed E-state index contributed by atoms with van der Waals surface area (Å²) in [6, 6.07) is 7.03. The van der Waals surface area contributed by atoms with E-state index in [1.165, 1.54) is 6.07 Å². The van der Waals surface area contributed by atoms with Crippen LogP contribution in [0.5, 0.6) is 5.75 Å². The Morgan fingerprint density at radius 3 is 2.74 bits per heavy atom. The molecule has 0 aliphatic heterocycles. The van der Waals surface area contributed by atoms with Crippen LogP contribution in [0.1, 0.15) is 12.5 Å². The minimum absolute atomic E-state index is 0.360. The predicted octanol–water partition coefficient (Wildman–Crippen LogP) is 4.06. The SMILES string of the molecule is CCSc1nnc(SCc2cc(=O)oc3cc(OC)ccc23)s1. The molecule has 0 saturated heterocycles. The molecule has 0 atom stereocenters. The zero-order valence-corrected chi connectivity index (χ0v) is 15.0. The van der Waals surface area contributed by atoms with E-state index in [4.69, 9.17) is 9.15 Å². The molecule has 0 aliphatic rings. The van der Waals surface area contributed by atoms with Crippen LogP contribution in [0.15, 0.2) is 42.2 Å². The second kappa shape index (κ2) is 7.37. The summed E-state index contributed by atoms with van der Waals surface area (Å²) >= 11 is 4.83. The molecular weight excluding hydrogens is 352 g/mol. The van der Waals surface area contributed by atoms with E-state index in [-0.39, 0.29) is 5.63 Å². The Bertz CT molecular complexity index is 876. The number of rotatable bonds is 6. The molecule has 2 heterocycles. The van der Waals surface area contributed by atoms with Crippen LogP contribution in [0.3, 0.4) is 0 Å². The van der Waals surface area contributed by atoms with Crippen molar-refractivity contribution in [2.24, 2.45) is 0 Å². The lowest BCUT2D eigenvalue weighted by atomic mass is 10.1. The van der Waals surface area contributed by atoms with Gasteiger partial charge in [0.2, 0.25) is 0 Å². The fourth-order valence-corrected chi connectivity index (χ4v) is 4.94. The molecule has 3 aromatic rings. The molecule has 3 rings (SSSR count). The average Bonchev–Trinajstić information content (AvgIpc) is 2.99. The highest BCUT2D eigenvalue weighted by atomic mass is 32.2. The number of methoxy groups -OCH3 is 1. The number of fused-ring (bicyclic) bond motifs is 1. The van der Waals surface area contributed by atoms with Crippen LogP contribution < -0.4 is 10.4 Å². The van der Waals surface area contributed by atoms with Gasteiger partial charge in [0.1, 0.15) is 11.3 Å². The molecule has 1 aromatic carbocycles. The van der Waals surface area contributed by atoms with Gasteiger partial charge < -0.3 is 9.15 Å². The number of nitrogens with zero attached hydrogens (tertiary/aromatic N) is 2. The first-order chi connectivity index (χ1) is 11.2. The molecular formula is C15H14N2O3S3. The molecule has 0 spiro atoms. The Labute approximate surface area is 145 Å².